The number of carboxylic acid groups (broad SMARTS) is 1. The third kappa shape index (κ3) is 2.64. The van der Waals surface area contributed by atoms with E-state index >= 15 is 0 Å². The third-order valence-electron chi connectivity index (χ3n) is 2.45. The van der Waals surface area contributed by atoms with Crippen molar-refractivity contribution in [3.05, 3.63) is 29.0 Å². The Balaban J connectivity index is 2.99. The molecule has 0 radical (unpaired) electrons. The zero-order chi connectivity index (χ0) is 12.3. The first kappa shape index (κ1) is 12.8. The van der Waals surface area contributed by atoms with Crippen LogP contribution in [0.3, 0.4) is 0 Å². The van der Waals surface area contributed by atoms with Crippen molar-refractivity contribution in [1.29, 1.82) is 0 Å². The van der Waals surface area contributed by atoms with Crippen molar-refractivity contribution in [3.8, 4) is 0 Å². The smallest absolute Gasteiger partial charge is 0.326 e. The van der Waals surface area contributed by atoms with Crippen LogP contribution < -0.4 is 4.90 Å². The maximum atomic E-state index is 12.9. The summed E-state index contributed by atoms with van der Waals surface area (Å²) in [6, 6.07) is 3.51. The molecule has 0 aliphatic rings. The molecular formula is C11H13ClFNO2. The Morgan fingerprint density at radius 1 is 1.62 bits per heavy atom. The van der Waals surface area contributed by atoms with Gasteiger partial charge in [-0.25, -0.2) is 9.18 Å². The summed E-state index contributed by atoms with van der Waals surface area (Å²) in [4.78, 5) is 12.5. The molecule has 1 rings (SSSR count). The van der Waals surface area contributed by atoms with Crippen LogP contribution in [0.1, 0.15) is 13.3 Å². The number of hydrogen-bond acceptors (Lipinski definition) is 2. The maximum Gasteiger partial charge on any atom is 0.326 e. The van der Waals surface area contributed by atoms with Gasteiger partial charge in [0.1, 0.15) is 11.9 Å². The fourth-order valence-electron chi connectivity index (χ4n) is 1.50. The van der Waals surface area contributed by atoms with Crippen LogP contribution >= 0.6 is 11.6 Å². The summed E-state index contributed by atoms with van der Waals surface area (Å²) in [5.74, 6) is -1.42. The highest BCUT2D eigenvalue weighted by molar-refractivity contribution is 6.31. The minimum Gasteiger partial charge on any atom is -0.480 e. The van der Waals surface area contributed by atoms with E-state index in [1.54, 1.807) is 18.9 Å². The first-order valence-electron chi connectivity index (χ1n) is 4.88. The molecule has 0 bridgehead atoms. The van der Waals surface area contributed by atoms with E-state index in [1.165, 1.54) is 18.2 Å². The molecule has 0 heterocycles. The normalized spacial score (nSPS) is 12.2. The third-order valence-corrected chi connectivity index (χ3v) is 2.74. The molecule has 88 valence electrons. The molecule has 5 heteroatoms. The van der Waals surface area contributed by atoms with Crippen molar-refractivity contribution >= 4 is 23.3 Å². The quantitative estimate of drug-likeness (QED) is 0.887. The van der Waals surface area contributed by atoms with Gasteiger partial charge in [-0.3, -0.25) is 0 Å². The highest BCUT2D eigenvalue weighted by atomic mass is 35.5. The zero-order valence-electron chi connectivity index (χ0n) is 9.08. The molecule has 1 atom stereocenters. The average molecular weight is 246 g/mol. The summed E-state index contributed by atoms with van der Waals surface area (Å²) in [5, 5.41) is 8.97. The van der Waals surface area contributed by atoms with Gasteiger partial charge in [-0.2, -0.15) is 0 Å². The van der Waals surface area contributed by atoms with Crippen molar-refractivity contribution in [3.63, 3.8) is 0 Å². The van der Waals surface area contributed by atoms with Crippen LogP contribution in [-0.2, 0) is 4.79 Å². The van der Waals surface area contributed by atoms with E-state index in [9.17, 15) is 9.18 Å². The number of benzene rings is 1. The Bertz CT molecular complexity index is 398. The van der Waals surface area contributed by atoms with E-state index in [-0.39, 0.29) is 5.02 Å². The van der Waals surface area contributed by atoms with Crippen LogP contribution in [0.4, 0.5) is 10.1 Å². The molecule has 3 nitrogen and oxygen atoms in total. The molecule has 1 unspecified atom stereocenters. The number of anilines is 1. The van der Waals surface area contributed by atoms with Crippen molar-refractivity contribution < 1.29 is 14.3 Å². The van der Waals surface area contributed by atoms with E-state index in [0.717, 1.165) is 0 Å². The summed E-state index contributed by atoms with van der Waals surface area (Å²) < 4.78 is 12.9. The number of rotatable bonds is 4. The molecule has 1 aromatic rings. The lowest BCUT2D eigenvalue weighted by Crippen LogP contribution is -2.37. The van der Waals surface area contributed by atoms with Gasteiger partial charge in [0.05, 0.1) is 5.02 Å². The largest absolute Gasteiger partial charge is 0.480 e. The summed E-state index contributed by atoms with van der Waals surface area (Å²) in [5.41, 5.74) is 0.584. The second kappa shape index (κ2) is 5.16. The van der Waals surface area contributed by atoms with E-state index in [2.05, 4.69) is 0 Å². The molecule has 0 spiro atoms. The first-order valence-corrected chi connectivity index (χ1v) is 5.25. The molecule has 0 fully saturated rings. The Hall–Kier alpha value is -1.29. The van der Waals surface area contributed by atoms with Gasteiger partial charge in [0.2, 0.25) is 0 Å². The maximum absolute atomic E-state index is 12.9. The zero-order valence-corrected chi connectivity index (χ0v) is 9.83. The van der Waals surface area contributed by atoms with Crippen LogP contribution in [0.25, 0.3) is 0 Å². The van der Waals surface area contributed by atoms with E-state index in [1.807, 2.05) is 0 Å². The predicted octanol–water partition coefficient (Wildman–Crippen LogP) is 2.78. The molecule has 1 aromatic carbocycles. The molecule has 1 N–H and O–H groups in total. The first-order chi connectivity index (χ1) is 7.47. The van der Waals surface area contributed by atoms with Gasteiger partial charge in [0.25, 0.3) is 0 Å². The number of aliphatic carboxylic acids is 1. The second-order valence-corrected chi connectivity index (χ2v) is 3.88. The molecule has 0 amide bonds. The van der Waals surface area contributed by atoms with Gasteiger partial charge in [-0.05, 0) is 24.6 Å². The molecule has 0 aliphatic heterocycles. The van der Waals surface area contributed by atoms with Crippen LogP contribution in [0.15, 0.2) is 18.2 Å². The van der Waals surface area contributed by atoms with Crippen molar-refractivity contribution in [1.82, 2.24) is 0 Å². The van der Waals surface area contributed by atoms with Gasteiger partial charge >= 0.3 is 5.97 Å². The van der Waals surface area contributed by atoms with E-state index in [4.69, 9.17) is 16.7 Å². The lowest BCUT2D eigenvalue weighted by molar-refractivity contribution is -0.138. The summed E-state index contributed by atoms with van der Waals surface area (Å²) in [6.07, 6.45) is 0.459. The molecule has 0 aromatic heterocycles. The Morgan fingerprint density at radius 2 is 2.25 bits per heavy atom. The van der Waals surface area contributed by atoms with Crippen LogP contribution in [0, 0.1) is 5.82 Å². The highest BCUT2D eigenvalue weighted by Gasteiger charge is 2.21. The van der Waals surface area contributed by atoms with E-state index in [0.29, 0.717) is 12.1 Å². The number of hydrogen-bond donors (Lipinski definition) is 1. The fourth-order valence-corrected chi connectivity index (χ4v) is 1.67. The van der Waals surface area contributed by atoms with Gasteiger partial charge in [-0.1, -0.05) is 18.5 Å². The van der Waals surface area contributed by atoms with E-state index < -0.39 is 17.8 Å². The predicted molar refractivity (Wildman–Crippen MR) is 61.5 cm³/mol. The Kier molecular flexibility index (Phi) is 4.12. The van der Waals surface area contributed by atoms with Crippen molar-refractivity contribution in [2.45, 2.75) is 19.4 Å². The van der Waals surface area contributed by atoms with Crippen LogP contribution in [-0.4, -0.2) is 24.2 Å². The minimum atomic E-state index is -0.912. The average Bonchev–Trinajstić information content (AvgIpc) is 2.22. The van der Waals surface area contributed by atoms with Crippen molar-refractivity contribution in [2.24, 2.45) is 0 Å². The highest BCUT2D eigenvalue weighted by Crippen LogP contribution is 2.23. The number of nitrogens with zero attached hydrogens (tertiary/aromatic N) is 1. The summed E-state index contributed by atoms with van der Waals surface area (Å²) in [7, 11) is 1.64. The standard InChI is InChI=1S/C11H13ClFNO2/c1-3-10(11(15)16)14(2)7-4-5-9(13)8(12)6-7/h4-6,10H,3H2,1-2H3,(H,15,16). The monoisotopic (exact) mass is 245 g/mol. The minimum absolute atomic E-state index is 0.00964. The number of likely N-dealkylation sites (N-methyl/N-ethyl adjacent to an activating group) is 1. The number of carbonyl (C=O) groups is 1. The fraction of sp³-hybridized carbons (Fsp3) is 0.364. The molecule has 16 heavy (non-hydrogen) atoms. The van der Waals surface area contributed by atoms with Crippen LogP contribution in [0.2, 0.25) is 5.02 Å². The number of halogens is 2. The van der Waals surface area contributed by atoms with Gasteiger partial charge < -0.3 is 10.0 Å². The molecular weight excluding hydrogens is 233 g/mol. The Labute approximate surface area is 98.4 Å². The lowest BCUT2D eigenvalue weighted by atomic mass is 10.1. The number of carboxylic acids is 1. The van der Waals surface area contributed by atoms with Crippen LogP contribution in [0.5, 0.6) is 0 Å². The second-order valence-electron chi connectivity index (χ2n) is 3.47. The van der Waals surface area contributed by atoms with Gasteiger partial charge in [0, 0.05) is 12.7 Å². The van der Waals surface area contributed by atoms with Gasteiger partial charge in [-0.15, -0.1) is 0 Å². The molecule has 0 saturated heterocycles. The van der Waals surface area contributed by atoms with Gasteiger partial charge in [0.15, 0.2) is 0 Å². The summed E-state index contributed by atoms with van der Waals surface area (Å²) >= 11 is 5.64. The topological polar surface area (TPSA) is 40.5 Å². The summed E-state index contributed by atoms with van der Waals surface area (Å²) in [6.45, 7) is 1.78. The van der Waals surface area contributed by atoms with Crippen molar-refractivity contribution in [2.75, 3.05) is 11.9 Å². The lowest BCUT2D eigenvalue weighted by Gasteiger charge is -2.25. The Morgan fingerprint density at radius 3 is 2.69 bits per heavy atom. The molecule has 0 saturated carbocycles. The SMILES string of the molecule is CCC(C(=O)O)N(C)c1ccc(F)c(Cl)c1. The molecule has 0 aliphatic carbocycles.